The molecule has 0 aromatic heterocycles. The topological polar surface area (TPSA) is 93.7 Å². The number of carbonyl (C=O) groups is 1. The first-order valence-electron chi connectivity index (χ1n) is 7.93. The number of sulfonamides is 1. The van der Waals surface area contributed by atoms with Crippen molar-refractivity contribution >= 4 is 21.6 Å². The number of amides is 1. The zero-order chi connectivity index (χ0) is 19.2. The lowest BCUT2D eigenvalue weighted by Gasteiger charge is -2.10. The zero-order valence-corrected chi connectivity index (χ0v) is 15.7. The van der Waals surface area contributed by atoms with Gasteiger partial charge in [-0.05, 0) is 49.4 Å². The third-order valence-corrected chi connectivity index (χ3v) is 5.16. The second kappa shape index (κ2) is 8.68. The Morgan fingerprint density at radius 2 is 1.69 bits per heavy atom. The number of carbonyl (C=O) groups excluding carboxylic acids is 1. The van der Waals surface area contributed by atoms with Crippen molar-refractivity contribution in [2.75, 3.05) is 26.6 Å². The van der Waals surface area contributed by atoms with E-state index < -0.39 is 10.0 Å². The van der Waals surface area contributed by atoms with Crippen molar-refractivity contribution in [1.82, 2.24) is 4.72 Å². The van der Waals surface area contributed by atoms with Crippen LogP contribution in [0.5, 0.6) is 11.5 Å². The molecule has 1 amide bonds. The number of anilines is 1. The molecule has 0 fully saturated rings. The predicted molar refractivity (Wildman–Crippen MR) is 99.2 cm³/mol. The molecule has 0 saturated carbocycles. The van der Waals surface area contributed by atoms with Crippen molar-refractivity contribution in [2.45, 2.75) is 17.7 Å². The van der Waals surface area contributed by atoms with Crippen LogP contribution in [0.2, 0.25) is 0 Å². The number of benzene rings is 2. The normalized spacial score (nSPS) is 11.0. The van der Waals surface area contributed by atoms with E-state index in [2.05, 4.69) is 10.0 Å². The zero-order valence-electron chi connectivity index (χ0n) is 14.9. The van der Waals surface area contributed by atoms with Crippen LogP contribution in [0.3, 0.4) is 0 Å². The Morgan fingerprint density at radius 3 is 2.27 bits per heavy atom. The molecule has 0 aliphatic rings. The third kappa shape index (κ3) is 5.21. The van der Waals surface area contributed by atoms with Gasteiger partial charge in [0.2, 0.25) is 15.9 Å². The van der Waals surface area contributed by atoms with E-state index in [9.17, 15) is 13.2 Å². The fraction of sp³-hybridized carbons (Fsp3) is 0.278. The van der Waals surface area contributed by atoms with Gasteiger partial charge in [-0.25, -0.2) is 13.1 Å². The molecule has 0 aliphatic heterocycles. The molecule has 0 unspecified atom stereocenters. The van der Waals surface area contributed by atoms with Gasteiger partial charge in [0, 0.05) is 18.2 Å². The molecule has 0 radical (unpaired) electrons. The summed E-state index contributed by atoms with van der Waals surface area (Å²) in [5.74, 6) is 1.10. The smallest absolute Gasteiger partial charge is 0.240 e. The van der Waals surface area contributed by atoms with E-state index in [4.69, 9.17) is 9.47 Å². The number of nitrogens with one attached hydrogen (secondary N) is 2. The van der Waals surface area contributed by atoms with Gasteiger partial charge >= 0.3 is 0 Å². The molecular weight excluding hydrogens is 356 g/mol. The first-order valence-corrected chi connectivity index (χ1v) is 9.41. The Balaban J connectivity index is 2.03. The summed E-state index contributed by atoms with van der Waals surface area (Å²) >= 11 is 0. The highest BCUT2D eigenvalue weighted by Crippen LogP contribution is 2.23. The fourth-order valence-corrected chi connectivity index (χ4v) is 3.13. The Hall–Kier alpha value is -2.58. The minimum atomic E-state index is -3.56. The highest BCUT2D eigenvalue weighted by Gasteiger charge is 2.12. The Kier molecular flexibility index (Phi) is 6.59. The second-order valence-electron chi connectivity index (χ2n) is 5.50. The van der Waals surface area contributed by atoms with Crippen LogP contribution in [0.15, 0.2) is 47.4 Å². The molecule has 7 nitrogen and oxygen atoms in total. The van der Waals surface area contributed by atoms with Crippen molar-refractivity contribution in [3.63, 3.8) is 0 Å². The molecule has 8 heteroatoms. The molecule has 2 aromatic carbocycles. The van der Waals surface area contributed by atoms with Gasteiger partial charge in [0.05, 0.1) is 19.1 Å². The lowest BCUT2D eigenvalue weighted by atomic mass is 10.1. The van der Waals surface area contributed by atoms with Crippen LogP contribution in [-0.4, -0.2) is 35.6 Å². The molecule has 0 aliphatic carbocycles. The highest BCUT2D eigenvalue weighted by atomic mass is 32.2. The molecule has 0 atom stereocenters. The van der Waals surface area contributed by atoms with Gasteiger partial charge in [-0.2, -0.15) is 0 Å². The number of hydrogen-bond donors (Lipinski definition) is 2. The van der Waals surface area contributed by atoms with Crippen LogP contribution < -0.4 is 19.5 Å². The molecule has 0 heterocycles. The van der Waals surface area contributed by atoms with Gasteiger partial charge in [-0.15, -0.1) is 0 Å². The Bertz CT molecular complexity index is 859. The first kappa shape index (κ1) is 19.7. The fourth-order valence-electron chi connectivity index (χ4n) is 2.35. The van der Waals surface area contributed by atoms with Crippen LogP contribution in [0, 0.1) is 0 Å². The van der Waals surface area contributed by atoms with E-state index in [0.29, 0.717) is 23.6 Å². The molecule has 0 saturated heterocycles. The summed E-state index contributed by atoms with van der Waals surface area (Å²) in [6.07, 6.45) is 0.729. The molecule has 2 N–H and O–H groups in total. The summed E-state index contributed by atoms with van der Waals surface area (Å²) in [4.78, 5) is 12.3. The largest absolute Gasteiger partial charge is 0.497 e. The van der Waals surface area contributed by atoms with Crippen molar-refractivity contribution in [2.24, 2.45) is 0 Å². The maximum absolute atomic E-state index is 12.2. The minimum Gasteiger partial charge on any atom is -0.497 e. The molecule has 0 spiro atoms. The van der Waals surface area contributed by atoms with E-state index in [0.717, 1.165) is 5.56 Å². The van der Waals surface area contributed by atoms with Gasteiger partial charge in [0.1, 0.15) is 11.5 Å². The van der Waals surface area contributed by atoms with E-state index in [1.807, 2.05) is 12.1 Å². The predicted octanol–water partition coefficient (Wildman–Crippen LogP) is 2.18. The summed E-state index contributed by atoms with van der Waals surface area (Å²) in [6.45, 7) is 0. The average Bonchev–Trinajstić information content (AvgIpc) is 2.66. The number of aryl methyl sites for hydroxylation is 1. The number of rotatable bonds is 8. The van der Waals surface area contributed by atoms with Crippen molar-refractivity contribution in [3.8, 4) is 11.5 Å². The number of ether oxygens (including phenoxy) is 2. The molecule has 2 aromatic rings. The lowest BCUT2D eigenvalue weighted by Crippen LogP contribution is -2.19. The van der Waals surface area contributed by atoms with E-state index in [1.165, 1.54) is 19.2 Å². The summed E-state index contributed by atoms with van der Waals surface area (Å²) < 4.78 is 36.3. The molecule has 26 heavy (non-hydrogen) atoms. The summed E-state index contributed by atoms with van der Waals surface area (Å²) in [6, 6.07) is 11.5. The van der Waals surface area contributed by atoms with Crippen LogP contribution in [-0.2, 0) is 21.2 Å². The first-order chi connectivity index (χ1) is 12.4. The average molecular weight is 378 g/mol. The van der Waals surface area contributed by atoms with E-state index in [1.54, 1.807) is 32.4 Å². The van der Waals surface area contributed by atoms with Crippen LogP contribution in [0.4, 0.5) is 5.69 Å². The standard InChI is InChI=1S/C18H22N2O5S/c1-19-26(22,23)17-6-4-5-14(11-17)20-18(21)8-7-13-9-15(24-2)12-16(10-13)25-3/h4-6,9-12,19H,7-8H2,1-3H3,(H,20,21). The molecular formula is C18H22N2O5S. The SMILES string of the molecule is CNS(=O)(=O)c1cccc(NC(=O)CCc2cc(OC)cc(OC)c2)c1. The maximum atomic E-state index is 12.2. The van der Waals surface area contributed by atoms with Gasteiger partial charge in [-0.3, -0.25) is 4.79 Å². The van der Waals surface area contributed by atoms with Crippen molar-refractivity contribution in [1.29, 1.82) is 0 Å². The van der Waals surface area contributed by atoms with Crippen molar-refractivity contribution < 1.29 is 22.7 Å². The van der Waals surface area contributed by atoms with E-state index >= 15 is 0 Å². The third-order valence-electron chi connectivity index (χ3n) is 3.75. The lowest BCUT2D eigenvalue weighted by molar-refractivity contribution is -0.116. The van der Waals surface area contributed by atoms with Crippen LogP contribution >= 0.6 is 0 Å². The van der Waals surface area contributed by atoms with Crippen LogP contribution in [0.25, 0.3) is 0 Å². The van der Waals surface area contributed by atoms with Crippen molar-refractivity contribution in [3.05, 3.63) is 48.0 Å². The summed E-state index contributed by atoms with van der Waals surface area (Å²) in [7, 11) is 0.914. The Labute approximate surface area is 153 Å². The molecule has 2 rings (SSSR count). The highest BCUT2D eigenvalue weighted by molar-refractivity contribution is 7.89. The monoisotopic (exact) mass is 378 g/mol. The van der Waals surface area contributed by atoms with Gasteiger partial charge < -0.3 is 14.8 Å². The van der Waals surface area contributed by atoms with Gasteiger partial charge in [0.15, 0.2) is 0 Å². The summed E-state index contributed by atoms with van der Waals surface area (Å²) in [5, 5.41) is 2.71. The van der Waals surface area contributed by atoms with Crippen LogP contribution in [0.1, 0.15) is 12.0 Å². The van der Waals surface area contributed by atoms with E-state index in [-0.39, 0.29) is 17.2 Å². The summed E-state index contributed by atoms with van der Waals surface area (Å²) in [5.41, 5.74) is 1.33. The van der Waals surface area contributed by atoms with Gasteiger partial charge in [0.25, 0.3) is 0 Å². The quantitative estimate of drug-likeness (QED) is 0.734. The van der Waals surface area contributed by atoms with Gasteiger partial charge in [-0.1, -0.05) is 6.07 Å². The Morgan fingerprint density at radius 1 is 1.04 bits per heavy atom. The maximum Gasteiger partial charge on any atom is 0.240 e. The second-order valence-corrected chi connectivity index (χ2v) is 7.39. The number of methoxy groups -OCH3 is 2. The minimum absolute atomic E-state index is 0.0929. The number of hydrogen-bond acceptors (Lipinski definition) is 5. The molecule has 0 bridgehead atoms. The molecule has 140 valence electrons.